The zero-order valence-electron chi connectivity index (χ0n) is 28.3. The summed E-state index contributed by atoms with van der Waals surface area (Å²) in [6.45, 7) is 15.4. The van der Waals surface area contributed by atoms with Crippen LogP contribution in [0, 0.1) is 17.7 Å². The third-order valence-electron chi connectivity index (χ3n) is 7.18. The molecule has 0 spiro atoms. The van der Waals surface area contributed by atoms with Crippen LogP contribution in [0.2, 0.25) is 0 Å². The van der Waals surface area contributed by atoms with Crippen LogP contribution in [0.5, 0.6) is 6.01 Å². The van der Waals surface area contributed by atoms with Gasteiger partial charge in [0.2, 0.25) is 5.91 Å². The second kappa shape index (κ2) is 16.8. The first-order valence-corrected chi connectivity index (χ1v) is 17.0. The summed E-state index contributed by atoms with van der Waals surface area (Å²) in [6.07, 6.45) is 3.87. The Morgan fingerprint density at radius 3 is 2.41 bits per heavy atom. The second-order valence-corrected chi connectivity index (χ2v) is 14.0. The van der Waals surface area contributed by atoms with Gasteiger partial charge in [0.25, 0.3) is 6.01 Å². The number of nitrogens with zero attached hydrogens (tertiary/aromatic N) is 2. The van der Waals surface area contributed by atoms with Gasteiger partial charge in [-0.2, -0.15) is 0 Å². The van der Waals surface area contributed by atoms with Crippen molar-refractivity contribution in [2.75, 3.05) is 18.9 Å². The lowest BCUT2D eigenvalue weighted by Gasteiger charge is -2.24. The highest BCUT2D eigenvalue weighted by Crippen LogP contribution is 2.32. The summed E-state index contributed by atoms with van der Waals surface area (Å²) in [5.41, 5.74) is 1.83. The Morgan fingerprint density at radius 1 is 1.09 bits per heavy atom. The molecule has 1 aromatic heterocycles. The Bertz CT molecular complexity index is 1500. The van der Waals surface area contributed by atoms with Crippen molar-refractivity contribution in [3.8, 4) is 17.1 Å². The van der Waals surface area contributed by atoms with Gasteiger partial charge >= 0.3 is 5.97 Å². The van der Waals surface area contributed by atoms with Crippen LogP contribution in [0.15, 0.2) is 48.7 Å². The van der Waals surface area contributed by atoms with Crippen molar-refractivity contribution in [3.05, 3.63) is 71.3 Å². The van der Waals surface area contributed by atoms with Crippen LogP contribution in [0.4, 0.5) is 4.39 Å². The number of hydrogen-bond donors (Lipinski definition) is 1. The fourth-order valence-electron chi connectivity index (χ4n) is 5.07. The number of halogens is 1. The number of carbonyl (C=O) groups is 3. The number of aromatic nitrogens is 2. The molecule has 2 unspecified atom stereocenters. The van der Waals surface area contributed by atoms with Crippen molar-refractivity contribution in [1.29, 1.82) is 0 Å². The van der Waals surface area contributed by atoms with E-state index in [2.05, 4.69) is 10.3 Å². The molecule has 0 bridgehead atoms. The molecule has 0 saturated heterocycles. The summed E-state index contributed by atoms with van der Waals surface area (Å²) in [7, 11) is 0. The predicted molar refractivity (Wildman–Crippen MR) is 182 cm³/mol. The zero-order valence-corrected chi connectivity index (χ0v) is 29.1. The molecule has 0 fully saturated rings. The molecule has 8 nitrogen and oxygen atoms in total. The number of hydrogen-bond acceptors (Lipinski definition) is 7. The van der Waals surface area contributed by atoms with Crippen molar-refractivity contribution in [2.24, 2.45) is 11.8 Å². The van der Waals surface area contributed by atoms with Crippen LogP contribution in [0.1, 0.15) is 95.9 Å². The van der Waals surface area contributed by atoms with E-state index in [1.165, 1.54) is 13.0 Å². The van der Waals surface area contributed by atoms with Crippen molar-refractivity contribution in [3.63, 3.8) is 0 Å². The number of benzene rings is 2. The standard InChI is InChI=1S/C36H48FN3O5S/c1-9-17-44-35-39-27(10-2)21-40(35)32(20-38-33(42)26(18-23(3)4)22-46-24(5)41)30-16-15-25(19-31(30)37)28-13-11-12-14-29(28)34(43)45-36(6,7)8/h11-16,19,21,23,26,32H,9-10,17-18,20,22H2,1-8H3,(H,38,42). The number of ether oxygens (including phenoxy) is 2. The third kappa shape index (κ3) is 10.4. The van der Waals surface area contributed by atoms with E-state index in [4.69, 9.17) is 9.47 Å². The van der Waals surface area contributed by atoms with Gasteiger partial charge in [0, 0.05) is 36.9 Å². The lowest BCUT2D eigenvalue weighted by Crippen LogP contribution is -2.37. The maximum atomic E-state index is 16.3. The number of esters is 1. The molecule has 0 aliphatic rings. The normalized spacial score (nSPS) is 12.9. The Balaban J connectivity index is 2.04. The summed E-state index contributed by atoms with van der Waals surface area (Å²) in [5.74, 6) is -0.939. The number of amides is 1. The van der Waals surface area contributed by atoms with E-state index in [1.807, 2.05) is 33.9 Å². The van der Waals surface area contributed by atoms with Crippen LogP contribution >= 0.6 is 11.8 Å². The largest absolute Gasteiger partial charge is 0.465 e. The Kier molecular flexibility index (Phi) is 13.4. The molecule has 0 aliphatic heterocycles. The van der Waals surface area contributed by atoms with Crippen molar-refractivity contribution in [1.82, 2.24) is 14.9 Å². The van der Waals surface area contributed by atoms with Crippen LogP contribution in [0.3, 0.4) is 0 Å². The summed E-state index contributed by atoms with van der Waals surface area (Å²) in [4.78, 5) is 42.8. The first-order chi connectivity index (χ1) is 21.7. The molecule has 0 saturated carbocycles. The Labute approximate surface area is 276 Å². The summed E-state index contributed by atoms with van der Waals surface area (Å²) >= 11 is 1.13. The van der Waals surface area contributed by atoms with Gasteiger partial charge in [-0.05, 0) is 69.2 Å². The summed E-state index contributed by atoms with van der Waals surface area (Å²) < 4.78 is 29.6. The lowest BCUT2D eigenvalue weighted by molar-refractivity contribution is -0.124. The zero-order chi connectivity index (χ0) is 34.0. The van der Waals surface area contributed by atoms with Crippen LogP contribution < -0.4 is 10.1 Å². The molecule has 250 valence electrons. The van der Waals surface area contributed by atoms with E-state index in [1.54, 1.807) is 61.7 Å². The van der Waals surface area contributed by atoms with Gasteiger partial charge in [-0.15, -0.1) is 0 Å². The second-order valence-electron chi connectivity index (χ2n) is 12.8. The van der Waals surface area contributed by atoms with E-state index < -0.39 is 23.4 Å². The van der Waals surface area contributed by atoms with Crippen LogP contribution in [0.25, 0.3) is 11.1 Å². The number of rotatable bonds is 15. The molecule has 2 atom stereocenters. The molecule has 3 aromatic rings. The van der Waals surface area contributed by atoms with Crippen LogP contribution in [-0.4, -0.2) is 51.0 Å². The van der Waals surface area contributed by atoms with Crippen LogP contribution in [-0.2, 0) is 20.7 Å². The van der Waals surface area contributed by atoms with E-state index in [-0.39, 0.29) is 29.4 Å². The van der Waals surface area contributed by atoms with E-state index >= 15 is 4.39 Å². The first-order valence-electron chi connectivity index (χ1n) is 16.0. The summed E-state index contributed by atoms with van der Waals surface area (Å²) in [5, 5.41) is 3.00. The minimum Gasteiger partial charge on any atom is -0.465 e. The Morgan fingerprint density at radius 2 is 1.80 bits per heavy atom. The number of carbonyl (C=O) groups excluding carboxylic acids is 3. The number of nitrogens with one attached hydrogen (secondary N) is 1. The van der Waals surface area contributed by atoms with Gasteiger partial charge in [0.1, 0.15) is 11.4 Å². The minimum absolute atomic E-state index is 0.0435. The van der Waals surface area contributed by atoms with Gasteiger partial charge in [0.05, 0.1) is 23.9 Å². The smallest absolute Gasteiger partial charge is 0.339 e. The van der Waals surface area contributed by atoms with Gasteiger partial charge in [0.15, 0.2) is 5.12 Å². The number of aryl methyl sites for hydroxylation is 1. The molecule has 46 heavy (non-hydrogen) atoms. The average Bonchev–Trinajstić information content (AvgIpc) is 3.40. The van der Waals surface area contributed by atoms with E-state index in [0.717, 1.165) is 23.9 Å². The lowest BCUT2D eigenvalue weighted by atomic mass is 9.95. The Hall–Kier alpha value is -3.66. The quantitative estimate of drug-likeness (QED) is 0.168. The summed E-state index contributed by atoms with van der Waals surface area (Å²) in [6, 6.07) is 11.5. The average molecular weight is 654 g/mol. The number of thioether (sulfide) groups is 1. The van der Waals surface area contributed by atoms with E-state index in [0.29, 0.717) is 53.5 Å². The molecule has 3 rings (SSSR count). The monoisotopic (exact) mass is 653 g/mol. The highest BCUT2D eigenvalue weighted by atomic mass is 32.2. The van der Waals surface area contributed by atoms with E-state index in [9.17, 15) is 14.4 Å². The molecule has 1 N–H and O–H groups in total. The van der Waals surface area contributed by atoms with Gasteiger partial charge in [-0.1, -0.05) is 69.8 Å². The molecular weight excluding hydrogens is 605 g/mol. The van der Waals surface area contributed by atoms with Gasteiger partial charge in [-0.3, -0.25) is 14.2 Å². The molecule has 10 heteroatoms. The molecule has 2 aromatic carbocycles. The van der Waals surface area contributed by atoms with Crippen molar-refractivity contribution in [2.45, 2.75) is 86.3 Å². The predicted octanol–water partition coefficient (Wildman–Crippen LogP) is 7.64. The topological polar surface area (TPSA) is 99.5 Å². The van der Waals surface area contributed by atoms with Gasteiger partial charge < -0.3 is 14.8 Å². The first kappa shape index (κ1) is 36.8. The molecule has 1 heterocycles. The maximum absolute atomic E-state index is 16.3. The minimum atomic E-state index is -0.685. The molecule has 0 aliphatic carbocycles. The fourth-order valence-corrected chi connectivity index (χ4v) is 5.79. The van der Waals surface area contributed by atoms with Crippen molar-refractivity contribution >= 4 is 28.8 Å². The third-order valence-corrected chi connectivity index (χ3v) is 8.16. The maximum Gasteiger partial charge on any atom is 0.339 e. The van der Waals surface area contributed by atoms with Crippen molar-refractivity contribution < 1.29 is 28.2 Å². The molecule has 0 radical (unpaired) electrons. The number of imidazole rings is 1. The fraction of sp³-hybridized carbons (Fsp3) is 0.500. The molecule has 1 amide bonds. The highest BCUT2D eigenvalue weighted by Gasteiger charge is 2.27. The van der Waals surface area contributed by atoms with Gasteiger partial charge in [-0.25, -0.2) is 14.2 Å². The SMILES string of the molecule is CCCOc1nc(CC)cn1C(CNC(=O)C(CSC(C)=O)CC(C)C)c1ccc(-c2ccccc2C(=O)OC(C)(C)C)cc1F. The highest BCUT2D eigenvalue weighted by molar-refractivity contribution is 8.13. The molecular formula is C36H48FN3O5S.